The van der Waals surface area contributed by atoms with E-state index in [1.807, 2.05) is 20.8 Å². The fourth-order valence-electron chi connectivity index (χ4n) is 3.06. The number of carbonyl (C=O) groups excluding carboxylic acids is 1. The van der Waals surface area contributed by atoms with Crippen molar-refractivity contribution in [1.29, 1.82) is 0 Å². The highest BCUT2D eigenvalue weighted by Gasteiger charge is 2.29. The fourth-order valence-corrected chi connectivity index (χ4v) is 3.06. The maximum Gasteiger partial charge on any atom is 0.273 e. The van der Waals surface area contributed by atoms with E-state index in [2.05, 4.69) is 17.6 Å². The van der Waals surface area contributed by atoms with Crippen LogP contribution in [0.1, 0.15) is 56.5 Å². The molecule has 0 unspecified atom stereocenters. The van der Waals surface area contributed by atoms with Gasteiger partial charge >= 0.3 is 0 Å². The van der Waals surface area contributed by atoms with Gasteiger partial charge in [0.15, 0.2) is 0 Å². The molecule has 1 saturated heterocycles. The molecule has 6 heteroatoms. The van der Waals surface area contributed by atoms with Crippen molar-refractivity contribution in [1.82, 2.24) is 10.6 Å². The van der Waals surface area contributed by atoms with Crippen molar-refractivity contribution < 1.29 is 9.72 Å². The Morgan fingerprint density at radius 2 is 1.96 bits per heavy atom. The highest BCUT2D eigenvalue weighted by atomic mass is 16.6. The summed E-state index contributed by atoms with van der Waals surface area (Å²) < 4.78 is 0. The van der Waals surface area contributed by atoms with Gasteiger partial charge in [-0.2, -0.15) is 0 Å². The molecule has 1 aliphatic heterocycles. The molecule has 2 N–H and O–H groups in total. The topological polar surface area (TPSA) is 84.3 Å². The molecule has 24 heavy (non-hydrogen) atoms. The van der Waals surface area contributed by atoms with Crippen LogP contribution in [0.4, 0.5) is 5.69 Å². The molecule has 0 bridgehead atoms. The standard InChI is InChI=1S/C18H27N3O3/c1-17(2,3)14-6-5-13(11-15(14)21(23)24)16(22)20-12-18(4)7-9-19-10-8-18/h5-6,11,19H,7-10,12H2,1-4H3,(H,20,22). The Morgan fingerprint density at radius 1 is 1.33 bits per heavy atom. The van der Waals surface area contributed by atoms with Crippen LogP contribution in [0, 0.1) is 15.5 Å². The number of nitro benzene ring substituents is 1. The van der Waals surface area contributed by atoms with Gasteiger partial charge in [0.25, 0.3) is 11.6 Å². The predicted octanol–water partition coefficient (Wildman–Crippen LogP) is 3.01. The van der Waals surface area contributed by atoms with Crippen molar-refractivity contribution in [2.24, 2.45) is 5.41 Å². The van der Waals surface area contributed by atoms with E-state index in [0.717, 1.165) is 25.9 Å². The van der Waals surface area contributed by atoms with E-state index in [4.69, 9.17) is 0 Å². The average molecular weight is 333 g/mol. The number of amides is 1. The van der Waals surface area contributed by atoms with Crippen LogP contribution >= 0.6 is 0 Å². The van der Waals surface area contributed by atoms with Crippen LogP contribution in [0.3, 0.4) is 0 Å². The van der Waals surface area contributed by atoms with Crippen LogP contribution < -0.4 is 10.6 Å². The van der Waals surface area contributed by atoms with Crippen molar-refractivity contribution >= 4 is 11.6 Å². The lowest BCUT2D eigenvalue weighted by atomic mass is 9.81. The molecule has 1 amide bonds. The molecule has 1 aromatic carbocycles. The number of hydrogen-bond donors (Lipinski definition) is 2. The van der Waals surface area contributed by atoms with E-state index >= 15 is 0 Å². The van der Waals surface area contributed by atoms with Gasteiger partial charge in [0.2, 0.25) is 0 Å². The number of nitro groups is 1. The maximum atomic E-state index is 12.4. The third-order valence-electron chi connectivity index (χ3n) is 4.75. The average Bonchev–Trinajstić information content (AvgIpc) is 2.52. The molecule has 1 heterocycles. The Kier molecular flexibility index (Phi) is 5.28. The second-order valence-electron chi connectivity index (χ2n) is 7.98. The Hall–Kier alpha value is -1.95. The van der Waals surface area contributed by atoms with Crippen molar-refractivity contribution in [3.8, 4) is 0 Å². The largest absolute Gasteiger partial charge is 0.351 e. The second kappa shape index (κ2) is 6.89. The molecule has 1 fully saturated rings. The molecule has 0 aromatic heterocycles. The summed E-state index contributed by atoms with van der Waals surface area (Å²) in [5, 5.41) is 17.6. The first kappa shape index (κ1) is 18.4. The first-order valence-corrected chi connectivity index (χ1v) is 8.40. The number of piperidine rings is 1. The fraction of sp³-hybridized carbons (Fsp3) is 0.611. The van der Waals surface area contributed by atoms with E-state index in [-0.39, 0.29) is 22.4 Å². The molecule has 0 saturated carbocycles. The SMILES string of the molecule is CC1(CNC(=O)c2ccc(C(C)(C)C)c([N+](=O)[O-])c2)CCNCC1. The lowest BCUT2D eigenvalue weighted by Gasteiger charge is -2.34. The summed E-state index contributed by atoms with van der Waals surface area (Å²) in [6.45, 7) is 10.4. The number of hydrogen-bond acceptors (Lipinski definition) is 4. The predicted molar refractivity (Wildman–Crippen MR) is 94.3 cm³/mol. The van der Waals surface area contributed by atoms with Gasteiger partial charge in [0.05, 0.1) is 4.92 Å². The third-order valence-corrected chi connectivity index (χ3v) is 4.75. The molecule has 0 atom stereocenters. The normalized spacial score (nSPS) is 17.3. The molecule has 0 aliphatic carbocycles. The van der Waals surface area contributed by atoms with E-state index < -0.39 is 4.92 Å². The molecular weight excluding hydrogens is 306 g/mol. The van der Waals surface area contributed by atoms with Crippen LogP contribution in [0.15, 0.2) is 18.2 Å². The van der Waals surface area contributed by atoms with Gasteiger partial charge in [-0.15, -0.1) is 0 Å². The van der Waals surface area contributed by atoms with Crippen LogP contribution in [0.2, 0.25) is 0 Å². The van der Waals surface area contributed by atoms with Gasteiger partial charge in [-0.1, -0.05) is 33.8 Å². The quantitative estimate of drug-likeness (QED) is 0.655. The zero-order chi connectivity index (χ0) is 18.0. The monoisotopic (exact) mass is 333 g/mol. The number of nitrogens with one attached hydrogen (secondary N) is 2. The summed E-state index contributed by atoms with van der Waals surface area (Å²) >= 11 is 0. The molecule has 0 spiro atoms. The van der Waals surface area contributed by atoms with E-state index in [9.17, 15) is 14.9 Å². The van der Waals surface area contributed by atoms with Gasteiger partial charge in [-0.3, -0.25) is 14.9 Å². The summed E-state index contributed by atoms with van der Waals surface area (Å²) in [6.07, 6.45) is 2.02. The maximum absolute atomic E-state index is 12.4. The molecule has 132 valence electrons. The smallest absolute Gasteiger partial charge is 0.273 e. The van der Waals surface area contributed by atoms with E-state index in [1.165, 1.54) is 6.07 Å². The highest BCUT2D eigenvalue weighted by molar-refractivity contribution is 5.95. The van der Waals surface area contributed by atoms with Gasteiger partial charge in [0.1, 0.15) is 0 Å². The Labute approximate surface area is 143 Å². The second-order valence-corrected chi connectivity index (χ2v) is 7.98. The van der Waals surface area contributed by atoms with Crippen molar-refractivity contribution in [3.05, 3.63) is 39.4 Å². The molecule has 6 nitrogen and oxygen atoms in total. The minimum atomic E-state index is -0.411. The summed E-state index contributed by atoms with van der Waals surface area (Å²) in [5.74, 6) is -0.252. The molecule has 0 radical (unpaired) electrons. The highest BCUT2D eigenvalue weighted by Crippen LogP contribution is 2.32. The van der Waals surface area contributed by atoms with Crippen molar-refractivity contribution in [2.45, 2.75) is 46.0 Å². The number of nitrogens with zero attached hydrogens (tertiary/aromatic N) is 1. The molecular formula is C18H27N3O3. The minimum Gasteiger partial charge on any atom is -0.351 e. The zero-order valence-electron chi connectivity index (χ0n) is 14.9. The molecule has 1 aliphatic rings. The number of rotatable bonds is 4. The Balaban J connectivity index is 2.15. The number of carbonyl (C=O) groups is 1. The van der Waals surface area contributed by atoms with Crippen LogP contribution in [-0.4, -0.2) is 30.5 Å². The lowest BCUT2D eigenvalue weighted by Crippen LogP contribution is -2.42. The van der Waals surface area contributed by atoms with Gasteiger partial charge in [0, 0.05) is 23.7 Å². The van der Waals surface area contributed by atoms with Gasteiger partial charge in [-0.25, -0.2) is 0 Å². The van der Waals surface area contributed by atoms with Crippen LogP contribution in [0.25, 0.3) is 0 Å². The number of benzene rings is 1. The summed E-state index contributed by atoms with van der Waals surface area (Å²) in [5.41, 5.74) is 0.711. The first-order valence-electron chi connectivity index (χ1n) is 8.40. The summed E-state index contributed by atoms with van der Waals surface area (Å²) in [4.78, 5) is 23.4. The van der Waals surface area contributed by atoms with Gasteiger partial charge in [-0.05, 0) is 42.8 Å². The lowest BCUT2D eigenvalue weighted by molar-refractivity contribution is -0.386. The third kappa shape index (κ3) is 4.32. The molecule has 1 aromatic rings. The first-order chi connectivity index (χ1) is 11.1. The Bertz CT molecular complexity index is 629. The summed E-state index contributed by atoms with van der Waals surface area (Å²) in [6, 6.07) is 4.76. The minimum absolute atomic E-state index is 0.00299. The van der Waals surface area contributed by atoms with Crippen molar-refractivity contribution in [2.75, 3.05) is 19.6 Å². The van der Waals surface area contributed by atoms with Crippen molar-refractivity contribution in [3.63, 3.8) is 0 Å². The molecule has 2 rings (SSSR count). The van der Waals surface area contributed by atoms with Crippen LogP contribution in [0.5, 0.6) is 0 Å². The van der Waals surface area contributed by atoms with Gasteiger partial charge < -0.3 is 10.6 Å². The summed E-state index contributed by atoms with van der Waals surface area (Å²) in [7, 11) is 0. The zero-order valence-corrected chi connectivity index (χ0v) is 14.9. The Morgan fingerprint density at radius 3 is 2.50 bits per heavy atom. The van der Waals surface area contributed by atoms with Crippen LogP contribution in [-0.2, 0) is 5.41 Å². The van der Waals surface area contributed by atoms with E-state index in [0.29, 0.717) is 17.7 Å². The van der Waals surface area contributed by atoms with E-state index in [1.54, 1.807) is 12.1 Å².